The van der Waals surface area contributed by atoms with Crippen molar-refractivity contribution in [2.45, 2.75) is 23.8 Å². The zero-order valence-corrected chi connectivity index (χ0v) is 11.9. The van der Waals surface area contributed by atoms with Gasteiger partial charge in [-0.05, 0) is 25.0 Å². The van der Waals surface area contributed by atoms with Gasteiger partial charge in [0.1, 0.15) is 17.0 Å². The molecular weight excluding hydrogens is 304 g/mol. The van der Waals surface area contributed by atoms with Gasteiger partial charge in [-0.2, -0.15) is 9.57 Å². The Kier molecular flexibility index (Phi) is 3.99. The smallest absolute Gasteiger partial charge is 0.322 e. The second-order valence-electron chi connectivity index (χ2n) is 4.34. The SMILES string of the molecule is N#Cc1c(Cl)cccc1S(=O)(=O)N1CCCC1C(=O)O. The summed E-state index contributed by atoms with van der Waals surface area (Å²) >= 11 is 5.82. The Hall–Kier alpha value is -1.62. The largest absolute Gasteiger partial charge is 0.480 e. The molecule has 1 atom stereocenters. The van der Waals surface area contributed by atoms with Crippen LogP contribution < -0.4 is 0 Å². The number of benzene rings is 1. The molecule has 106 valence electrons. The van der Waals surface area contributed by atoms with Crippen molar-refractivity contribution in [3.63, 3.8) is 0 Å². The van der Waals surface area contributed by atoms with Gasteiger partial charge in [0.15, 0.2) is 0 Å². The molecule has 1 unspecified atom stereocenters. The van der Waals surface area contributed by atoms with Crippen LogP contribution in [0.3, 0.4) is 0 Å². The van der Waals surface area contributed by atoms with Crippen LogP contribution in [0.4, 0.5) is 0 Å². The number of carboxylic acid groups (broad SMARTS) is 1. The first kappa shape index (κ1) is 14.8. The molecule has 0 aromatic heterocycles. The third-order valence-corrected chi connectivity index (χ3v) is 5.43. The number of hydrogen-bond acceptors (Lipinski definition) is 4. The van der Waals surface area contributed by atoms with Crippen LogP contribution in [0.2, 0.25) is 5.02 Å². The van der Waals surface area contributed by atoms with E-state index in [0.717, 1.165) is 4.31 Å². The van der Waals surface area contributed by atoms with Crippen molar-refractivity contribution in [1.82, 2.24) is 4.31 Å². The van der Waals surface area contributed by atoms with Crippen molar-refractivity contribution in [2.24, 2.45) is 0 Å². The van der Waals surface area contributed by atoms with Crippen LogP contribution in [-0.2, 0) is 14.8 Å². The number of halogens is 1. The first-order chi connectivity index (χ1) is 9.39. The summed E-state index contributed by atoms with van der Waals surface area (Å²) in [5.74, 6) is -1.19. The number of carbonyl (C=O) groups is 1. The van der Waals surface area contributed by atoms with E-state index in [1.807, 2.05) is 0 Å². The Balaban J connectivity index is 2.54. The maximum Gasteiger partial charge on any atom is 0.322 e. The zero-order valence-electron chi connectivity index (χ0n) is 10.3. The summed E-state index contributed by atoms with van der Waals surface area (Å²) in [4.78, 5) is 10.9. The Morgan fingerprint density at radius 2 is 2.20 bits per heavy atom. The van der Waals surface area contributed by atoms with E-state index in [1.54, 1.807) is 6.07 Å². The van der Waals surface area contributed by atoms with Gasteiger partial charge in [-0.1, -0.05) is 17.7 Å². The fraction of sp³-hybridized carbons (Fsp3) is 0.333. The normalized spacial score (nSPS) is 19.7. The molecule has 20 heavy (non-hydrogen) atoms. The van der Waals surface area contributed by atoms with Gasteiger partial charge in [0.05, 0.1) is 10.6 Å². The molecule has 1 N–H and O–H groups in total. The van der Waals surface area contributed by atoms with Gasteiger partial charge in [0.25, 0.3) is 0 Å². The van der Waals surface area contributed by atoms with Crippen LogP contribution in [0, 0.1) is 11.3 Å². The molecule has 1 aromatic rings. The van der Waals surface area contributed by atoms with Crippen molar-refractivity contribution in [3.8, 4) is 6.07 Å². The summed E-state index contributed by atoms with van der Waals surface area (Å²) in [6.45, 7) is 0.122. The zero-order chi connectivity index (χ0) is 14.9. The minimum atomic E-state index is -4.05. The molecule has 0 saturated carbocycles. The van der Waals surface area contributed by atoms with E-state index >= 15 is 0 Å². The van der Waals surface area contributed by atoms with Crippen molar-refractivity contribution >= 4 is 27.6 Å². The molecular formula is C12H11ClN2O4S. The van der Waals surface area contributed by atoms with Gasteiger partial charge in [-0.25, -0.2) is 8.42 Å². The lowest BCUT2D eigenvalue weighted by atomic mass is 10.2. The third-order valence-electron chi connectivity index (χ3n) is 3.16. The molecule has 8 heteroatoms. The molecule has 6 nitrogen and oxygen atoms in total. The number of carboxylic acids is 1. The van der Waals surface area contributed by atoms with E-state index in [9.17, 15) is 13.2 Å². The van der Waals surface area contributed by atoms with E-state index in [0.29, 0.717) is 6.42 Å². The lowest BCUT2D eigenvalue weighted by molar-refractivity contribution is -0.140. The van der Waals surface area contributed by atoms with E-state index in [2.05, 4.69) is 0 Å². The molecule has 1 aromatic carbocycles. The minimum absolute atomic E-state index is 0.0275. The standard InChI is InChI=1S/C12H11ClN2O4S/c13-9-3-1-5-11(8(9)7-14)20(18,19)15-6-2-4-10(15)12(16)17/h1,3,5,10H,2,4,6H2,(H,16,17). The summed E-state index contributed by atoms with van der Waals surface area (Å²) in [5.41, 5.74) is -0.162. The number of aliphatic carboxylic acids is 1. The second-order valence-corrected chi connectivity index (χ2v) is 6.60. The first-order valence-corrected chi connectivity index (χ1v) is 7.64. The molecule has 1 heterocycles. The van der Waals surface area contributed by atoms with Gasteiger partial charge in [0, 0.05) is 6.54 Å². The molecule has 2 rings (SSSR count). The highest BCUT2D eigenvalue weighted by atomic mass is 35.5. The number of hydrogen-bond donors (Lipinski definition) is 1. The van der Waals surface area contributed by atoms with E-state index in [-0.39, 0.29) is 28.4 Å². The van der Waals surface area contributed by atoms with Gasteiger partial charge in [-0.3, -0.25) is 4.79 Å². The molecule has 0 aliphatic carbocycles. The van der Waals surface area contributed by atoms with Crippen molar-refractivity contribution < 1.29 is 18.3 Å². The molecule has 1 saturated heterocycles. The summed E-state index contributed by atoms with van der Waals surface area (Å²) in [6.07, 6.45) is 0.732. The Morgan fingerprint density at radius 1 is 1.50 bits per heavy atom. The maximum absolute atomic E-state index is 12.5. The molecule has 0 amide bonds. The number of rotatable bonds is 3. The molecule has 0 spiro atoms. The predicted molar refractivity (Wildman–Crippen MR) is 70.7 cm³/mol. The van der Waals surface area contributed by atoms with E-state index in [4.69, 9.17) is 22.0 Å². The highest BCUT2D eigenvalue weighted by Crippen LogP contribution is 2.30. The highest BCUT2D eigenvalue weighted by Gasteiger charge is 2.40. The molecule has 1 aliphatic rings. The Labute approximate surface area is 121 Å². The van der Waals surface area contributed by atoms with Gasteiger partial charge in [0.2, 0.25) is 10.0 Å². The first-order valence-electron chi connectivity index (χ1n) is 5.83. The summed E-state index contributed by atoms with van der Waals surface area (Å²) < 4.78 is 26.0. The fourth-order valence-electron chi connectivity index (χ4n) is 2.23. The topological polar surface area (TPSA) is 98.5 Å². The number of sulfonamides is 1. The van der Waals surface area contributed by atoms with Gasteiger partial charge in [-0.15, -0.1) is 0 Å². The Morgan fingerprint density at radius 3 is 2.80 bits per heavy atom. The minimum Gasteiger partial charge on any atom is -0.480 e. The van der Waals surface area contributed by atoms with Crippen molar-refractivity contribution in [3.05, 3.63) is 28.8 Å². The van der Waals surface area contributed by atoms with Crippen molar-refractivity contribution in [2.75, 3.05) is 6.54 Å². The summed E-state index contributed by atoms with van der Waals surface area (Å²) in [7, 11) is -4.05. The third kappa shape index (κ3) is 2.38. The van der Waals surface area contributed by atoms with Crippen LogP contribution in [0.25, 0.3) is 0 Å². The quantitative estimate of drug-likeness (QED) is 0.910. The predicted octanol–water partition coefficient (Wildman–Crippen LogP) is 1.45. The van der Waals surface area contributed by atoms with Gasteiger partial charge < -0.3 is 5.11 Å². The summed E-state index contributed by atoms with van der Waals surface area (Å²) in [6, 6.07) is 4.75. The lowest BCUT2D eigenvalue weighted by Gasteiger charge is -2.21. The van der Waals surface area contributed by atoms with Crippen LogP contribution in [0.1, 0.15) is 18.4 Å². The van der Waals surface area contributed by atoms with Crippen LogP contribution >= 0.6 is 11.6 Å². The number of nitriles is 1. The monoisotopic (exact) mass is 314 g/mol. The highest BCUT2D eigenvalue weighted by molar-refractivity contribution is 7.89. The maximum atomic E-state index is 12.5. The summed E-state index contributed by atoms with van der Waals surface area (Å²) in [5, 5.41) is 18.2. The lowest BCUT2D eigenvalue weighted by Crippen LogP contribution is -2.40. The second kappa shape index (κ2) is 5.40. The van der Waals surface area contributed by atoms with Crippen LogP contribution in [-0.4, -0.2) is 36.4 Å². The average molecular weight is 315 g/mol. The van der Waals surface area contributed by atoms with Crippen LogP contribution in [0.5, 0.6) is 0 Å². The average Bonchev–Trinajstić information content (AvgIpc) is 2.88. The van der Waals surface area contributed by atoms with Crippen LogP contribution in [0.15, 0.2) is 23.1 Å². The number of nitrogens with zero attached hydrogens (tertiary/aromatic N) is 2. The van der Waals surface area contributed by atoms with E-state index in [1.165, 1.54) is 18.2 Å². The molecule has 1 fully saturated rings. The molecule has 0 bridgehead atoms. The van der Waals surface area contributed by atoms with E-state index < -0.39 is 22.0 Å². The molecule has 0 radical (unpaired) electrons. The molecule has 1 aliphatic heterocycles. The van der Waals surface area contributed by atoms with Crippen molar-refractivity contribution in [1.29, 1.82) is 5.26 Å². The Bertz CT molecular complexity index is 696. The fourth-order valence-corrected chi connectivity index (χ4v) is 4.32. The van der Waals surface area contributed by atoms with Gasteiger partial charge >= 0.3 is 5.97 Å².